The first-order valence-corrected chi connectivity index (χ1v) is 17.5. The van der Waals surface area contributed by atoms with Crippen molar-refractivity contribution in [3.05, 3.63) is 132 Å². The maximum absolute atomic E-state index is 14.8. The Labute approximate surface area is 290 Å². The average Bonchev–Trinajstić information content (AvgIpc) is 3.14. The molecule has 10 rings (SSSR count). The highest BCUT2D eigenvalue weighted by Crippen LogP contribution is 3.00. The summed E-state index contributed by atoms with van der Waals surface area (Å²) < 4.78 is 12.2. The molecule has 0 aromatic heterocycles. The van der Waals surface area contributed by atoms with Crippen LogP contribution >= 0.6 is 0 Å². The first kappa shape index (κ1) is 31.6. The van der Waals surface area contributed by atoms with Crippen LogP contribution in [0.2, 0.25) is 0 Å². The number of aliphatic hydroxyl groups excluding tert-OH is 4. The summed E-state index contributed by atoms with van der Waals surface area (Å²) >= 11 is 0. The van der Waals surface area contributed by atoms with E-state index >= 15 is 0 Å². The number of aliphatic hydroxyl groups is 4. The van der Waals surface area contributed by atoms with Crippen LogP contribution in [0.25, 0.3) is 0 Å². The molecule has 0 radical (unpaired) electrons. The van der Waals surface area contributed by atoms with Crippen LogP contribution in [-0.4, -0.2) is 58.8 Å². The Kier molecular flexibility index (Phi) is 7.01. The second-order valence-corrected chi connectivity index (χ2v) is 15.2. The highest BCUT2D eigenvalue weighted by molar-refractivity contribution is 5.83. The average molecular weight is 673 g/mol. The van der Waals surface area contributed by atoms with Crippen LogP contribution in [0.5, 0.6) is 11.5 Å². The molecule has 6 fully saturated rings. The van der Waals surface area contributed by atoms with Crippen LogP contribution in [0, 0.1) is 57.2 Å². The van der Waals surface area contributed by atoms with E-state index in [1.54, 1.807) is 48.5 Å². The summed E-state index contributed by atoms with van der Waals surface area (Å²) in [7, 11) is 0. The van der Waals surface area contributed by atoms with E-state index in [9.17, 15) is 30.0 Å². The van der Waals surface area contributed by atoms with Crippen LogP contribution in [0.15, 0.2) is 121 Å². The Morgan fingerprint density at radius 2 is 0.700 bits per heavy atom. The van der Waals surface area contributed by atoms with Crippen molar-refractivity contribution < 1.29 is 39.5 Å². The lowest BCUT2D eigenvalue weighted by Gasteiger charge is -2.97. The molecule has 4 N–H and O–H groups in total. The fourth-order valence-electron chi connectivity index (χ4n) is 13.7. The molecule has 0 atom stereocenters. The number of para-hydroxylation sites is 2. The van der Waals surface area contributed by atoms with E-state index in [2.05, 4.69) is 0 Å². The second-order valence-electron chi connectivity index (χ2n) is 15.2. The van der Waals surface area contributed by atoms with E-state index in [0.29, 0.717) is 11.5 Å². The minimum atomic E-state index is -1.12. The molecule has 0 saturated heterocycles. The van der Waals surface area contributed by atoms with Gasteiger partial charge in [0.2, 0.25) is 0 Å². The molecule has 0 aliphatic heterocycles. The lowest BCUT2D eigenvalue weighted by atomic mass is 9.05. The van der Waals surface area contributed by atoms with Gasteiger partial charge in [-0.2, -0.15) is 0 Å². The Morgan fingerprint density at radius 1 is 0.440 bits per heavy atom. The molecular formula is C42H40O8. The first-order valence-electron chi connectivity index (χ1n) is 17.5. The first-order chi connectivity index (χ1) is 24.4. The van der Waals surface area contributed by atoms with Crippen molar-refractivity contribution in [3.63, 3.8) is 0 Å². The maximum atomic E-state index is 14.8. The predicted octanol–water partition coefficient (Wildman–Crippen LogP) is 4.45. The molecule has 4 aromatic rings. The number of carbonyl (C=O) groups excluding carboxylic acids is 2. The van der Waals surface area contributed by atoms with Crippen molar-refractivity contribution in [2.24, 2.45) is 57.2 Å². The Balaban J connectivity index is 1.33. The van der Waals surface area contributed by atoms with Crippen LogP contribution < -0.4 is 9.47 Å². The van der Waals surface area contributed by atoms with E-state index in [0.717, 1.165) is 11.1 Å². The van der Waals surface area contributed by atoms with Gasteiger partial charge in [0.05, 0.1) is 11.8 Å². The van der Waals surface area contributed by atoms with E-state index in [1.165, 1.54) is 0 Å². The van der Waals surface area contributed by atoms with Gasteiger partial charge >= 0.3 is 11.9 Å². The third-order valence-corrected chi connectivity index (χ3v) is 14.0. The lowest BCUT2D eigenvalue weighted by molar-refractivity contribution is -0.502. The number of rotatable bonds is 10. The highest BCUT2D eigenvalue weighted by atomic mass is 16.5. The number of esters is 2. The summed E-state index contributed by atoms with van der Waals surface area (Å²) in [5.74, 6) is -5.64. The smallest absolute Gasteiger partial charge is 0.314 e. The normalized spacial score (nSPS) is 39.6. The zero-order chi connectivity index (χ0) is 34.5. The molecular weight excluding hydrogens is 632 g/mol. The minimum Gasteiger partial charge on any atom is -0.426 e. The van der Waals surface area contributed by atoms with Gasteiger partial charge in [0.25, 0.3) is 0 Å². The lowest BCUT2D eigenvalue weighted by Crippen LogP contribution is -2.98. The molecule has 6 aliphatic carbocycles. The summed E-state index contributed by atoms with van der Waals surface area (Å²) in [6, 6.07) is 37.1. The quantitative estimate of drug-likeness (QED) is 0.144. The molecule has 0 heterocycles. The van der Waals surface area contributed by atoms with E-state index in [-0.39, 0.29) is 26.4 Å². The van der Waals surface area contributed by atoms with Crippen molar-refractivity contribution >= 4 is 11.9 Å². The van der Waals surface area contributed by atoms with Crippen molar-refractivity contribution in [1.29, 1.82) is 0 Å². The fourth-order valence-corrected chi connectivity index (χ4v) is 13.7. The largest absolute Gasteiger partial charge is 0.426 e. The van der Waals surface area contributed by atoms with Gasteiger partial charge < -0.3 is 29.9 Å². The summed E-state index contributed by atoms with van der Waals surface area (Å²) in [4.78, 5) is 29.5. The molecule has 256 valence electrons. The maximum Gasteiger partial charge on any atom is 0.314 e. The topological polar surface area (TPSA) is 134 Å². The number of hydrogen-bond acceptors (Lipinski definition) is 8. The highest BCUT2D eigenvalue weighted by Gasteiger charge is 3.01. The van der Waals surface area contributed by atoms with Gasteiger partial charge in [-0.3, -0.25) is 9.59 Å². The number of hydrogen-bond donors (Lipinski definition) is 4. The number of carbonyl (C=O) groups is 2. The summed E-state index contributed by atoms with van der Waals surface area (Å²) in [5, 5.41) is 47.7. The fraction of sp³-hybridized carbons (Fsp3) is 0.381. The van der Waals surface area contributed by atoms with Crippen LogP contribution in [0.1, 0.15) is 23.0 Å². The van der Waals surface area contributed by atoms with Gasteiger partial charge in [-0.15, -0.1) is 0 Å². The third kappa shape index (κ3) is 3.45. The minimum absolute atomic E-state index is 0.365. The predicted molar refractivity (Wildman–Crippen MR) is 182 cm³/mol. The standard InChI is InChI=1S/C42H40O8/c43-21-39-31(25-13-5-1-6-14-25)40(22-44)34-29(37(47)49-27-17-9-3-10-18-27)33(39)41(23-45)32(26-15-7-2-8-16-26)42(34,24-46)36(40)30(35(39)41)38(48)50-28-19-11-4-12-20-28/h1-20,29-36,43-46H,21-24H2. The van der Waals surface area contributed by atoms with Crippen molar-refractivity contribution in [1.82, 2.24) is 0 Å². The van der Waals surface area contributed by atoms with Crippen molar-refractivity contribution in [2.75, 3.05) is 26.4 Å². The van der Waals surface area contributed by atoms with E-state index in [1.807, 2.05) is 72.8 Å². The van der Waals surface area contributed by atoms with Crippen LogP contribution in [0.4, 0.5) is 0 Å². The summed E-state index contributed by atoms with van der Waals surface area (Å²) in [5.41, 5.74) is -2.68. The number of benzene rings is 4. The van der Waals surface area contributed by atoms with Crippen LogP contribution in [0.3, 0.4) is 0 Å². The monoisotopic (exact) mass is 672 g/mol. The van der Waals surface area contributed by atoms with E-state index < -0.39 is 80.9 Å². The van der Waals surface area contributed by atoms with Crippen molar-refractivity contribution in [3.8, 4) is 11.5 Å². The molecule has 0 unspecified atom stereocenters. The van der Waals surface area contributed by atoms with Gasteiger partial charge in [0.1, 0.15) is 11.5 Å². The Hall–Kier alpha value is -4.34. The SMILES string of the molecule is O=C(Oc1ccccc1)C1C2C3(CO)C(c4ccccc4)C4(CO)C1C1(CO)C(c5ccccc5)C2(CO)C3C(C(=O)Oc2ccccc2)C41. The zero-order valence-corrected chi connectivity index (χ0v) is 27.4. The van der Waals surface area contributed by atoms with Crippen molar-refractivity contribution in [2.45, 2.75) is 11.8 Å². The zero-order valence-electron chi connectivity index (χ0n) is 27.4. The van der Waals surface area contributed by atoms with Gasteiger partial charge in [-0.1, -0.05) is 97.1 Å². The Bertz CT molecular complexity index is 1710. The summed E-state index contributed by atoms with van der Waals surface area (Å²) in [6.45, 7) is -1.54. The van der Waals surface area contributed by atoms with Crippen LogP contribution in [-0.2, 0) is 9.59 Å². The van der Waals surface area contributed by atoms with Gasteiger partial charge in [0.15, 0.2) is 0 Å². The molecule has 50 heavy (non-hydrogen) atoms. The molecule has 8 nitrogen and oxygen atoms in total. The van der Waals surface area contributed by atoms with Gasteiger partial charge in [0, 0.05) is 59.9 Å². The molecule has 8 bridgehead atoms. The molecule has 4 aromatic carbocycles. The second kappa shape index (κ2) is 11.1. The third-order valence-electron chi connectivity index (χ3n) is 14.0. The van der Waals surface area contributed by atoms with Gasteiger partial charge in [-0.25, -0.2) is 0 Å². The Morgan fingerprint density at radius 3 is 0.960 bits per heavy atom. The molecule has 0 spiro atoms. The summed E-state index contributed by atoms with van der Waals surface area (Å²) in [6.07, 6.45) is 0. The molecule has 6 aliphatic rings. The van der Waals surface area contributed by atoms with E-state index in [4.69, 9.17) is 9.47 Å². The molecule has 0 amide bonds. The van der Waals surface area contributed by atoms with Gasteiger partial charge in [-0.05, 0) is 59.1 Å². The molecule has 8 heteroatoms. The molecule has 6 saturated carbocycles. The number of ether oxygens (including phenoxy) is 2.